The maximum Gasteiger partial charge on any atom is 0.0499 e. The Labute approximate surface area is 123 Å². The van der Waals surface area contributed by atoms with Gasteiger partial charge in [0.1, 0.15) is 0 Å². The molecule has 2 atom stereocenters. The van der Waals surface area contributed by atoms with Crippen molar-refractivity contribution in [2.24, 2.45) is 5.73 Å². The number of nitrogens with zero attached hydrogens (tertiary/aromatic N) is 2. The lowest BCUT2D eigenvalue weighted by atomic mass is 9.95. The third kappa shape index (κ3) is 3.81. The van der Waals surface area contributed by atoms with Crippen molar-refractivity contribution in [1.29, 1.82) is 0 Å². The standard InChI is InChI=1S/C17H29N3/c1-4-16(18)17(15-8-6-14(2)7-9-15)20-11-5-10-19(3)12-13-20/h6-9,16-17H,4-5,10-13,18H2,1-3H3. The van der Waals surface area contributed by atoms with Crippen LogP contribution in [0.5, 0.6) is 0 Å². The van der Waals surface area contributed by atoms with Gasteiger partial charge in [0.15, 0.2) is 0 Å². The molecule has 0 aromatic heterocycles. The first-order chi connectivity index (χ1) is 9.61. The Morgan fingerprint density at radius 2 is 1.80 bits per heavy atom. The number of benzene rings is 1. The van der Waals surface area contributed by atoms with E-state index < -0.39 is 0 Å². The smallest absolute Gasteiger partial charge is 0.0499 e. The number of hydrogen-bond acceptors (Lipinski definition) is 3. The monoisotopic (exact) mass is 275 g/mol. The molecule has 0 radical (unpaired) electrons. The summed E-state index contributed by atoms with van der Waals surface area (Å²) in [5, 5.41) is 0. The van der Waals surface area contributed by atoms with Gasteiger partial charge in [0.2, 0.25) is 0 Å². The largest absolute Gasteiger partial charge is 0.326 e. The van der Waals surface area contributed by atoms with Gasteiger partial charge < -0.3 is 10.6 Å². The first-order valence-electron chi connectivity index (χ1n) is 7.86. The summed E-state index contributed by atoms with van der Waals surface area (Å²) in [6, 6.07) is 9.48. The van der Waals surface area contributed by atoms with Crippen LogP contribution in [-0.4, -0.2) is 49.1 Å². The van der Waals surface area contributed by atoms with Gasteiger partial charge in [-0.2, -0.15) is 0 Å². The summed E-state index contributed by atoms with van der Waals surface area (Å²) in [7, 11) is 2.21. The van der Waals surface area contributed by atoms with Crippen LogP contribution in [0, 0.1) is 6.92 Å². The number of aryl methyl sites for hydroxylation is 1. The van der Waals surface area contributed by atoms with Gasteiger partial charge in [0.05, 0.1) is 0 Å². The second kappa shape index (κ2) is 7.21. The predicted octanol–water partition coefficient (Wildman–Crippen LogP) is 2.41. The molecular formula is C17H29N3. The Kier molecular flexibility index (Phi) is 5.58. The summed E-state index contributed by atoms with van der Waals surface area (Å²) in [5.74, 6) is 0. The lowest BCUT2D eigenvalue weighted by Crippen LogP contribution is -2.42. The summed E-state index contributed by atoms with van der Waals surface area (Å²) in [4.78, 5) is 5.01. The fraction of sp³-hybridized carbons (Fsp3) is 0.647. The van der Waals surface area contributed by atoms with E-state index in [1.165, 1.54) is 24.1 Å². The molecule has 1 aromatic carbocycles. The Hall–Kier alpha value is -0.900. The van der Waals surface area contributed by atoms with E-state index in [9.17, 15) is 0 Å². The molecule has 0 saturated carbocycles. The molecule has 20 heavy (non-hydrogen) atoms. The molecule has 3 nitrogen and oxygen atoms in total. The topological polar surface area (TPSA) is 32.5 Å². The van der Waals surface area contributed by atoms with Gasteiger partial charge in [-0.25, -0.2) is 0 Å². The molecule has 2 rings (SSSR count). The van der Waals surface area contributed by atoms with E-state index in [-0.39, 0.29) is 6.04 Å². The molecule has 1 fully saturated rings. The van der Waals surface area contributed by atoms with Crippen molar-refractivity contribution in [3.63, 3.8) is 0 Å². The molecule has 0 amide bonds. The fourth-order valence-electron chi connectivity index (χ4n) is 3.06. The normalized spacial score (nSPS) is 21.4. The molecule has 1 heterocycles. The number of hydrogen-bond donors (Lipinski definition) is 1. The average molecular weight is 275 g/mol. The third-order valence-corrected chi connectivity index (χ3v) is 4.44. The molecule has 1 aromatic rings. The first-order valence-corrected chi connectivity index (χ1v) is 7.86. The molecule has 0 spiro atoms. The highest BCUT2D eigenvalue weighted by Gasteiger charge is 2.26. The molecule has 0 aliphatic carbocycles. The van der Waals surface area contributed by atoms with Gasteiger partial charge >= 0.3 is 0 Å². The zero-order valence-electron chi connectivity index (χ0n) is 13.2. The van der Waals surface area contributed by atoms with Crippen LogP contribution in [-0.2, 0) is 0 Å². The minimum Gasteiger partial charge on any atom is -0.326 e. The second-order valence-corrected chi connectivity index (χ2v) is 6.12. The number of rotatable bonds is 4. The van der Waals surface area contributed by atoms with E-state index in [0.717, 1.165) is 26.1 Å². The van der Waals surface area contributed by atoms with Crippen molar-refractivity contribution in [3.8, 4) is 0 Å². The molecular weight excluding hydrogens is 246 g/mol. The average Bonchev–Trinajstić information content (AvgIpc) is 2.66. The van der Waals surface area contributed by atoms with Crippen molar-refractivity contribution < 1.29 is 0 Å². The van der Waals surface area contributed by atoms with Crippen LogP contribution in [0.3, 0.4) is 0 Å². The molecule has 2 unspecified atom stereocenters. The van der Waals surface area contributed by atoms with E-state index in [2.05, 4.69) is 55.0 Å². The van der Waals surface area contributed by atoms with E-state index in [4.69, 9.17) is 5.73 Å². The summed E-state index contributed by atoms with van der Waals surface area (Å²) in [6.07, 6.45) is 2.25. The molecule has 112 valence electrons. The van der Waals surface area contributed by atoms with Crippen LogP contribution < -0.4 is 5.73 Å². The summed E-state index contributed by atoms with van der Waals surface area (Å²) in [5.41, 5.74) is 9.13. The Morgan fingerprint density at radius 1 is 1.10 bits per heavy atom. The second-order valence-electron chi connectivity index (χ2n) is 6.12. The molecule has 0 bridgehead atoms. The summed E-state index contributed by atoms with van der Waals surface area (Å²) < 4.78 is 0. The van der Waals surface area contributed by atoms with Gasteiger partial charge in [0.25, 0.3) is 0 Å². The lowest BCUT2D eigenvalue weighted by Gasteiger charge is -2.35. The molecule has 1 saturated heterocycles. The van der Waals surface area contributed by atoms with Gasteiger partial charge in [0, 0.05) is 31.7 Å². The van der Waals surface area contributed by atoms with E-state index in [1.807, 2.05) is 0 Å². The van der Waals surface area contributed by atoms with Crippen molar-refractivity contribution in [3.05, 3.63) is 35.4 Å². The van der Waals surface area contributed by atoms with E-state index in [0.29, 0.717) is 6.04 Å². The highest BCUT2D eigenvalue weighted by molar-refractivity contribution is 5.25. The summed E-state index contributed by atoms with van der Waals surface area (Å²) in [6.45, 7) is 8.92. The van der Waals surface area contributed by atoms with Crippen molar-refractivity contribution in [1.82, 2.24) is 9.80 Å². The SMILES string of the molecule is CCC(N)C(c1ccc(C)cc1)N1CCCN(C)CC1. The van der Waals surface area contributed by atoms with Gasteiger partial charge in [-0.1, -0.05) is 36.8 Å². The molecule has 2 N–H and O–H groups in total. The van der Waals surface area contributed by atoms with Crippen molar-refractivity contribution in [2.75, 3.05) is 33.2 Å². The van der Waals surface area contributed by atoms with Crippen LogP contribution in [0.25, 0.3) is 0 Å². The van der Waals surface area contributed by atoms with Crippen molar-refractivity contribution >= 4 is 0 Å². The van der Waals surface area contributed by atoms with E-state index in [1.54, 1.807) is 0 Å². The zero-order chi connectivity index (χ0) is 14.5. The van der Waals surface area contributed by atoms with Crippen LogP contribution >= 0.6 is 0 Å². The van der Waals surface area contributed by atoms with Gasteiger partial charge in [-0.15, -0.1) is 0 Å². The zero-order valence-corrected chi connectivity index (χ0v) is 13.2. The van der Waals surface area contributed by atoms with Gasteiger partial charge in [-0.3, -0.25) is 4.90 Å². The number of nitrogens with two attached hydrogens (primary N) is 1. The Bertz CT molecular complexity index is 401. The van der Waals surface area contributed by atoms with E-state index >= 15 is 0 Å². The quantitative estimate of drug-likeness (QED) is 0.916. The lowest BCUT2D eigenvalue weighted by molar-refractivity contribution is 0.175. The predicted molar refractivity (Wildman–Crippen MR) is 85.9 cm³/mol. The molecule has 1 aliphatic heterocycles. The maximum atomic E-state index is 6.45. The molecule has 3 heteroatoms. The Balaban J connectivity index is 2.20. The van der Waals surface area contributed by atoms with Crippen LogP contribution in [0.1, 0.15) is 36.9 Å². The highest BCUT2D eigenvalue weighted by atomic mass is 15.2. The fourth-order valence-corrected chi connectivity index (χ4v) is 3.06. The Morgan fingerprint density at radius 3 is 2.45 bits per heavy atom. The summed E-state index contributed by atoms with van der Waals surface area (Å²) >= 11 is 0. The van der Waals surface area contributed by atoms with Crippen molar-refractivity contribution in [2.45, 2.75) is 38.8 Å². The number of likely N-dealkylation sites (N-methyl/N-ethyl adjacent to an activating group) is 1. The minimum absolute atomic E-state index is 0.209. The van der Waals surface area contributed by atoms with Gasteiger partial charge in [-0.05, 0) is 38.9 Å². The van der Waals surface area contributed by atoms with Crippen LogP contribution in [0.4, 0.5) is 0 Å². The maximum absolute atomic E-state index is 6.45. The van der Waals surface area contributed by atoms with Crippen LogP contribution in [0.15, 0.2) is 24.3 Å². The highest BCUT2D eigenvalue weighted by Crippen LogP contribution is 2.26. The van der Waals surface area contributed by atoms with Crippen LogP contribution in [0.2, 0.25) is 0 Å². The minimum atomic E-state index is 0.209. The third-order valence-electron chi connectivity index (χ3n) is 4.44. The first kappa shape index (κ1) is 15.5. The molecule has 1 aliphatic rings.